The summed E-state index contributed by atoms with van der Waals surface area (Å²) < 4.78 is 11.4. The summed E-state index contributed by atoms with van der Waals surface area (Å²) in [5.41, 5.74) is 1.78. The zero-order valence-electron chi connectivity index (χ0n) is 15.4. The number of carbonyl (C=O) groups is 1. The highest BCUT2D eigenvalue weighted by Gasteiger charge is 2.18. The highest BCUT2D eigenvalue weighted by Crippen LogP contribution is 2.32. The number of methoxy groups -OCH3 is 1. The van der Waals surface area contributed by atoms with Crippen molar-refractivity contribution in [2.45, 2.75) is 25.6 Å². The molecule has 0 heterocycles. The molecular weight excluding hydrogens is 386 g/mol. The van der Waals surface area contributed by atoms with E-state index in [1.165, 1.54) is 0 Å². The highest BCUT2D eigenvalue weighted by molar-refractivity contribution is 7.98. The van der Waals surface area contributed by atoms with Crippen molar-refractivity contribution in [2.75, 3.05) is 19.1 Å². The van der Waals surface area contributed by atoms with Crippen molar-refractivity contribution in [1.82, 2.24) is 5.32 Å². The van der Waals surface area contributed by atoms with E-state index >= 15 is 0 Å². The maximum absolute atomic E-state index is 11.4. The Labute approximate surface area is 169 Å². The van der Waals surface area contributed by atoms with Gasteiger partial charge in [0.05, 0.1) is 7.11 Å². The average Bonchev–Trinajstić information content (AvgIpc) is 2.66. The molecule has 0 radical (unpaired) electrons. The van der Waals surface area contributed by atoms with Gasteiger partial charge in [-0.3, -0.25) is 4.79 Å². The summed E-state index contributed by atoms with van der Waals surface area (Å²) in [7, 11) is 1.58. The number of ether oxygens (including phenoxy) is 2. The summed E-state index contributed by atoms with van der Waals surface area (Å²) in [6.07, 6.45) is 2.52. The molecule has 2 rings (SSSR count). The van der Waals surface area contributed by atoms with E-state index in [1.807, 2.05) is 48.7 Å². The molecule has 2 aromatic rings. The van der Waals surface area contributed by atoms with Crippen LogP contribution in [0.5, 0.6) is 11.5 Å². The number of carboxylic acid groups (broad SMARTS) is 1. The second-order valence-electron chi connectivity index (χ2n) is 5.92. The molecule has 0 amide bonds. The summed E-state index contributed by atoms with van der Waals surface area (Å²) in [6.45, 7) is 0.705. The van der Waals surface area contributed by atoms with Gasteiger partial charge in [0.1, 0.15) is 12.6 Å². The number of thioether (sulfide) groups is 1. The first-order valence-corrected chi connectivity index (χ1v) is 10.3. The van der Waals surface area contributed by atoms with Gasteiger partial charge in [-0.25, -0.2) is 0 Å². The van der Waals surface area contributed by atoms with Gasteiger partial charge in [-0.15, -0.1) is 0 Å². The van der Waals surface area contributed by atoms with Crippen LogP contribution in [-0.4, -0.2) is 36.2 Å². The van der Waals surface area contributed by atoms with Crippen LogP contribution in [0.4, 0.5) is 0 Å². The van der Waals surface area contributed by atoms with Gasteiger partial charge in [0.2, 0.25) is 0 Å². The summed E-state index contributed by atoms with van der Waals surface area (Å²) in [6, 6.07) is 12.4. The molecule has 0 bridgehead atoms. The van der Waals surface area contributed by atoms with Crippen molar-refractivity contribution in [1.29, 1.82) is 0 Å². The predicted molar refractivity (Wildman–Crippen MR) is 110 cm³/mol. The number of carboxylic acids is 1. The summed E-state index contributed by atoms with van der Waals surface area (Å²) >= 11 is 7.65. The van der Waals surface area contributed by atoms with Crippen molar-refractivity contribution in [3.63, 3.8) is 0 Å². The Balaban J connectivity index is 2.12. The second-order valence-corrected chi connectivity index (χ2v) is 7.34. The number of hydrogen-bond donors (Lipinski definition) is 2. The molecule has 146 valence electrons. The third kappa shape index (κ3) is 6.65. The van der Waals surface area contributed by atoms with Crippen LogP contribution in [0.15, 0.2) is 42.5 Å². The molecule has 2 N–H and O–H groups in total. The van der Waals surface area contributed by atoms with Crippen molar-refractivity contribution < 1.29 is 19.4 Å². The SMILES string of the molecule is COc1cccc(CNC(CCSC)C(=O)O)c1OCc1cccc(Cl)c1. The molecule has 0 saturated heterocycles. The number of benzene rings is 2. The van der Waals surface area contributed by atoms with Gasteiger partial charge in [0.15, 0.2) is 11.5 Å². The minimum absolute atomic E-state index is 0.336. The summed E-state index contributed by atoms with van der Waals surface area (Å²) in [4.78, 5) is 11.4. The lowest BCUT2D eigenvalue weighted by Gasteiger charge is -2.18. The van der Waals surface area contributed by atoms with Gasteiger partial charge in [-0.05, 0) is 42.2 Å². The quantitative estimate of drug-likeness (QED) is 0.579. The first kappa shape index (κ1) is 21.4. The Bertz CT molecular complexity index is 757. The summed E-state index contributed by atoms with van der Waals surface area (Å²) in [5, 5.41) is 13.1. The normalized spacial score (nSPS) is 11.8. The molecule has 2 aromatic carbocycles. The monoisotopic (exact) mass is 409 g/mol. The summed E-state index contributed by atoms with van der Waals surface area (Å²) in [5.74, 6) is 1.13. The zero-order valence-corrected chi connectivity index (χ0v) is 17.0. The average molecular weight is 410 g/mol. The molecule has 0 saturated carbocycles. The zero-order chi connectivity index (χ0) is 19.6. The van der Waals surface area contributed by atoms with Gasteiger partial charge in [0, 0.05) is 17.1 Å². The lowest BCUT2D eigenvalue weighted by molar-refractivity contribution is -0.139. The van der Waals surface area contributed by atoms with Crippen LogP contribution in [-0.2, 0) is 17.9 Å². The van der Waals surface area contributed by atoms with Crippen molar-refractivity contribution in [2.24, 2.45) is 0 Å². The minimum Gasteiger partial charge on any atom is -0.493 e. The first-order valence-electron chi connectivity index (χ1n) is 8.53. The van der Waals surface area contributed by atoms with Gasteiger partial charge in [0.25, 0.3) is 0 Å². The molecule has 0 aliphatic rings. The van der Waals surface area contributed by atoms with E-state index in [2.05, 4.69) is 5.32 Å². The van der Waals surface area contributed by atoms with Crippen molar-refractivity contribution >= 4 is 29.3 Å². The molecule has 5 nitrogen and oxygen atoms in total. The standard InChI is InChI=1S/C20H24ClNO4S/c1-25-18-8-4-6-15(12-22-17(20(23)24)9-10-27-2)19(18)26-13-14-5-3-7-16(21)11-14/h3-8,11,17,22H,9-10,12-13H2,1-2H3,(H,23,24). The van der Waals surface area contributed by atoms with Gasteiger partial charge >= 0.3 is 5.97 Å². The van der Waals surface area contributed by atoms with E-state index in [9.17, 15) is 9.90 Å². The number of hydrogen-bond acceptors (Lipinski definition) is 5. The van der Waals surface area contributed by atoms with Crippen LogP contribution in [0.1, 0.15) is 17.5 Å². The van der Waals surface area contributed by atoms with E-state index in [0.717, 1.165) is 16.9 Å². The van der Waals surface area contributed by atoms with Crippen LogP contribution in [0.25, 0.3) is 0 Å². The Hall–Kier alpha value is -1.89. The maximum atomic E-state index is 11.4. The Morgan fingerprint density at radius 3 is 2.74 bits per heavy atom. The molecule has 0 fully saturated rings. The molecule has 27 heavy (non-hydrogen) atoms. The van der Waals surface area contributed by atoms with E-state index in [0.29, 0.717) is 36.1 Å². The van der Waals surface area contributed by atoms with Crippen LogP contribution in [0, 0.1) is 0 Å². The molecule has 7 heteroatoms. The van der Waals surface area contributed by atoms with Crippen molar-refractivity contribution in [3.8, 4) is 11.5 Å². The topological polar surface area (TPSA) is 67.8 Å². The van der Waals surface area contributed by atoms with Crippen LogP contribution >= 0.6 is 23.4 Å². The van der Waals surface area contributed by atoms with Crippen molar-refractivity contribution in [3.05, 3.63) is 58.6 Å². The second kappa shape index (κ2) is 11.1. The molecule has 1 atom stereocenters. The number of halogens is 1. The van der Waals surface area contributed by atoms with Crippen LogP contribution < -0.4 is 14.8 Å². The molecular formula is C20H24ClNO4S. The fourth-order valence-electron chi connectivity index (χ4n) is 2.59. The van der Waals surface area contributed by atoms with E-state index in [4.69, 9.17) is 21.1 Å². The number of aliphatic carboxylic acids is 1. The Morgan fingerprint density at radius 1 is 1.30 bits per heavy atom. The Morgan fingerprint density at radius 2 is 2.07 bits per heavy atom. The highest BCUT2D eigenvalue weighted by atomic mass is 35.5. The van der Waals surface area contributed by atoms with Crippen LogP contribution in [0.2, 0.25) is 5.02 Å². The molecule has 0 aromatic heterocycles. The van der Waals surface area contributed by atoms with Crippen LogP contribution in [0.3, 0.4) is 0 Å². The number of para-hydroxylation sites is 1. The van der Waals surface area contributed by atoms with Gasteiger partial charge in [-0.2, -0.15) is 11.8 Å². The largest absolute Gasteiger partial charge is 0.493 e. The smallest absolute Gasteiger partial charge is 0.320 e. The fraction of sp³-hybridized carbons (Fsp3) is 0.350. The molecule has 0 aliphatic heterocycles. The lowest BCUT2D eigenvalue weighted by atomic mass is 10.1. The van der Waals surface area contributed by atoms with E-state index in [-0.39, 0.29) is 0 Å². The lowest BCUT2D eigenvalue weighted by Crippen LogP contribution is -2.36. The van der Waals surface area contributed by atoms with E-state index < -0.39 is 12.0 Å². The Kier molecular flexibility index (Phi) is 8.78. The molecule has 0 aliphatic carbocycles. The fourth-order valence-corrected chi connectivity index (χ4v) is 3.27. The van der Waals surface area contributed by atoms with Gasteiger partial charge < -0.3 is 19.9 Å². The third-order valence-corrected chi connectivity index (χ3v) is 4.88. The molecule has 0 spiro atoms. The number of rotatable bonds is 11. The number of nitrogens with one attached hydrogen (secondary N) is 1. The van der Waals surface area contributed by atoms with Gasteiger partial charge in [-0.1, -0.05) is 35.9 Å². The predicted octanol–water partition coefficient (Wildman–Crippen LogP) is 4.22. The third-order valence-electron chi connectivity index (χ3n) is 4.00. The minimum atomic E-state index is -0.853. The van der Waals surface area contributed by atoms with E-state index in [1.54, 1.807) is 18.9 Å². The maximum Gasteiger partial charge on any atom is 0.320 e. The first-order chi connectivity index (χ1) is 13.0. The molecule has 1 unspecified atom stereocenters.